The van der Waals surface area contributed by atoms with E-state index < -0.39 is 0 Å². The molecule has 1 atom stereocenters. The Kier molecular flexibility index (Phi) is 4.66. The van der Waals surface area contributed by atoms with Crippen molar-refractivity contribution < 1.29 is 0 Å². The molecular weight excluding hydrogens is 256 g/mol. The summed E-state index contributed by atoms with van der Waals surface area (Å²) < 4.78 is 0. The molecule has 116 valence electrons. The lowest BCUT2D eigenvalue weighted by Gasteiger charge is -2.42. The molecule has 2 heteroatoms. The number of nitrogens with two attached hydrogens (primary N) is 1. The number of piperidine rings is 1. The van der Waals surface area contributed by atoms with Crippen LogP contribution >= 0.6 is 0 Å². The molecule has 0 bridgehead atoms. The number of nitrogens with zero attached hydrogens (tertiary/aromatic N) is 1. The van der Waals surface area contributed by atoms with Crippen LogP contribution < -0.4 is 5.73 Å². The van der Waals surface area contributed by atoms with Gasteiger partial charge in [0.1, 0.15) is 0 Å². The van der Waals surface area contributed by atoms with Gasteiger partial charge in [-0.2, -0.15) is 0 Å². The molecule has 1 unspecified atom stereocenters. The third kappa shape index (κ3) is 3.17. The molecule has 1 heterocycles. The van der Waals surface area contributed by atoms with Gasteiger partial charge in [0, 0.05) is 12.6 Å². The summed E-state index contributed by atoms with van der Waals surface area (Å²) in [6, 6.07) is 9.52. The first-order valence-corrected chi connectivity index (χ1v) is 8.79. The van der Waals surface area contributed by atoms with E-state index in [1.807, 2.05) is 0 Å². The average molecular weight is 286 g/mol. The number of benzene rings is 1. The Morgan fingerprint density at radius 2 is 1.67 bits per heavy atom. The molecule has 1 aromatic rings. The van der Waals surface area contributed by atoms with Gasteiger partial charge in [0.2, 0.25) is 0 Å². The van der Waals surface area contributed by atoms with Gasteiger partial charge < -0.3 is 5.73 Å². The topological polar surface area (TPSA) is 29.3 Å². The number of rotatable bonds is 4. The Bertz CT molecular complexity index is 435. The molecule has 0 radical (unpaired) electrons. The predicted octanol–water partition coefficient (Wildman–Crippen LogP) is 3.91. The largest absolute Gasteiger partial charge is 0.329 e. The number of aryl methyl sites for hydroxylation is 1. The van der Waals surface area contributed by atoms with E-state index in [2.05, 4.69) is 36.1 Å². The highest BCUT2D eigenvalue weighted by Crippen LogP contribution is 2.47. The molecule has 1 saturated carbocycles. The van der Waals surface area contributed by atoms with Crippen LogP contribution in [0, 0.1) is 5.41 Å². The Balaban J connectivity index is 1.66. The summed E-state index contributed by atoms with van der Waals surface area (Å²) in [5, 5.41) is 0. The van der Waals surface area contributed by atoms with Gasteiger partial charge in [-0.1, -0.05) is 44.0 Å². The monoisotopic (exact) mass is 286 g/mol. The van der Waals surface area contributed by atoms with E-state index >= 15 is 0 Å². The molecule has 2 N–H and O–H groups in total. The highest BCUT2D eigenvalue weighted by atomic mass is 15.2. The molecule has 2 fully saturated rings. The van der Waals surface area contributed by atoms with Crippen LogP contribution in [-0.2, 0) is 6.42 Å². The van der Waals surface area contributed by atoms with Gasteiger partial charge in [0.25, 0.3) is 0 Å². The first-order valence-electron chi connectivity index (χ1n) is 8.79. The van der Waals surface area contributed by atoms with Gasteiger partial charge in [-0.3, -0.25) is 4.90 Å². The Labute approximate surface area is 129 Å². The predicted molar refractivity (Wildman–Crippen MR) is 89.3 cm³/mol. The van der Waals surface area contributed by atoms with Crippen LogP contribution in [0.3, 0.4) is 0 Å². The summed E-state index contributed by atoms with van der Waals surface area (Å²) in [7, 11) is 0. The molecular formula is C19H30N2. The van der Waals surface area contributed by atoms with Crippen molar-refractivity contribution in [3.63, 3.8) is 0 Å². The van der Waals surface area contributed by atoms with E-state index in [1.54, 1.807) is 0 Å². The molecule has 3 rings (SSSR count). The molecule has 1 saturated heterocycles. The number of hydrogen-bond donors (Lipinski definition) is 1. The maximum atomic E-state index is 6.11. The zero-order chi connectivity index (χ0) is 14.7. The van der Waals surface area contributed by atoms with Gasteiger partial charge in [-0.25, -0.2) is 0 Å². The maximum Gasteiger partial charge on any atom is 0.0470 e. The number of hydrogen-bond acceptors (Lipinski definition) is 2. The Morgan fingerprint density at radius 3 is 2.19 bits per heavy atom. The zero-order valence-electron chi connectivity index (χ0n) is 13.5. The zero-order valence-corrected chi connectivity index (χ0v) is 13.5. The van der Waals surface area contributed by atoms with E-state index in [1.165, 1.54) is 62.7 Å². The van der Waals surface area contributed by atoms with E-state index in [-0.39, 0.29) is 0 Å². The van der Waals surface area contributed by atoms with Crippen LogP contribution in [-0.4, -0.2) is 24.5 Å². The van der Waals surface area contributed by atoms with E-state index in [0.29, 0.717) is 11.5 Å². The van der Waals surface area contributed by atoms with Gasteiger partial charge >= 0.3 is 0 Å². The molecule has 2 aliphatic rings. The molecule has 1 aromatic carbocycles. The van der Waals surface area contributed by atoms with Crippen LogP contribution in [0.2, 0.25) is 0 Å². The Morgan fingerprint density at radius 1 is 1.05 bits per heavy atom. The second-order valence-corrected chi connectivity index (χ2v) is 7.09. The minimum atomic E-state index is 0.412. The van der Waals surface area contributed by atoms with Gasteiger partial charge in [-0.15, -0.1) is 0 Å². The lowest BCUT2D eigenvalue weighted by atomic mass is 9.76. The van der Waals surface area contributed by atoms with Crippen LogP contribution in [0.15, 0.2) is 24.3 Å². The van der Waals surface area contributed by atoms with Crippen LogP contribution in [0.4, 0.5) is 0 Å². The van der Waals surface area contributed by atoms with Gasteiger partial charge in [0.05, 0.1) is 0 Å². The smallest absolute Gasteiger partial charge is 0.0470 e. The van der Waals surface area contributed by atoms with Gasteiger partial charge in [0.15, 0.2) is 0 Å². The van der Waals surface area contributed by atoms with Crippen LogP contribution in [0.1, 0.15) is 62.6 Å². The summed E-state index contributed by atoms with van der Waals surface area (Å²) in [5.74, 6) is 0. The van der Waals surface area contributed by atoms with Crippen molar-refractivity contribution >= 4 is 0 Å². The highest BCUT2D eigenvalue weighted by Gasteiger charge is 2.38. The van der Waals surface area contributed by atoms with Crippen molar-refractivity contribution in [1.82, 2.24) is 4.90 Å². The standard InChI is InChI=1S/C19H30N2/c1-2-16-5-7-17(8-6-16)18(15-20)21-13-11-19(12-14-21)9-3-4-10-19/h5-8,18H,2-4,9-15,20H2,1H3. The second-order valence-electron chi connectivity index (χ2n) is 7.09. The lowest BCUT2D eigenvalue weighted by molar-refractivity contribution is 0.0780. The quantitative estimate of drug-likeness (QED) is 0.909. The van der Waals surface area contributed by atoms with Crippen LogP contribution in [0.5, 0.6) is 0 Å². The summed E-state index contributed by atoms with van der Waals surface area (Å²) in [4.78, 5) is 2.63. The third-order valence-electron chi connectivity index (χ3n) is 5.96. The molecule has 1 aliphatic carbocycles. The first-order chi connectivity index (χ1) is 10.3. The van der Waals surface area contributed by atoms with E-state index in [9.17, 15) is 0 Å². The summed E-state index contributed by atoms with van der Waals surface area (Å²) in [6.45, 7) is 5.41. The number of likely N-dealkylation sites (tertiary alicyclic amines) is 1. The molecule has 1 spiro atoms. The van der Waals surface area contributed by atoms with Crippen molar-refractivity contribution in [2.24, 2.45) is 11.1 Å². The average Bonchev–Trinajstić information content (AvgIpc) is 2.99. The first kappa shape index (κ1) is 15.1. The van der Waals surface area contributed by atoms with Crippen molar-refractivity contribution in [1.29, 1.82) is 0 Å². The van der Waals surface area contributed by atoms with E-state index in [4.69, 9.17) is 5.73 Å². The lowest BCUT2D eigenvalue weighted by Crippen LogP contribution is -2.43. The summed E-state index contributed by atoms with van der Waals surface area (Å²) in [5.41, 5.74) is 9.62. The normalized spacial score (nSPS) is 23.5. The molecule has 0 amide bonds. The van der Waals surface area contributed by atoms with Crippen LogP contribution in [0.25, 0.3) is 0 Å². The van der Waals surface area contributed by atoms with E-state index in [0.717, 1.165) is 13.0 Å². The third-order valence-corrected chi connectivity index (χ3v) is 5.96. The SMILES string of the molecule is CCc1ccc(C(CN)N2CCC3(CCCC3)CC2)cc1. The Hall–Kier alpha value is -0.860. The van der Waals surface area contributed by atoms with Crippen molar-refractivity contribution in [2.75, 3.05) is 19.6 Å². The fraction of sp³-hybridized carbons (Fsp3) is 0.684. The van der Waals surface area contributed by atoms with Gasteiger partial charge in [-0.05, 0) is 61.7 Å². The molecule has 1 aliphatic heterocycles. The summed E-state index contributed by atoms with van der Waals surface area (Å²) in [6.07, 6.45) is 9.74. The fourth-order valence-electron chi connectivity index (χ4n) is 4.41. The maximum absolute atomic E-state index is 6.11. The minimum absolute atomic E-state index is 0.412. The molecule has 2 nitrogen and oxygen atoms in total. The highest BCUT2D eigenvalue weighted by molar-refractivity contribution is 5.25. The fourth-order valence-corrected chi connectivity index (χ4v) is 4.41. The van der Waals surface area contributed by atoms with Crippen molar-refractivity contribution in [3.8, 4) is 0 Å². The summed E-state index contributed by atoms with van der Waals surface area (Å²) >= 11 is 0. The molecule has 0 aromatic heterocycles. The minimum Gasteiger partial charge on any atom is -0.329 e. The van der Waals surface area contributed by atoms with Crippen molar-refractivity contribution in [3.05, 3.63) is 35.4 Å². The second kappa shape index (κ2) is 6.50. The molecule has 21 heavy (non-hydrogen) atoms. The van der Waals surface area contributed by atoms with Crippen molar-refractivity contribution in [2.45, 2.75) is 57.9 Å².